The van der Waals surface area contributed by atoms with Crippen LogP contribution in [0.15, 0.2) is 18.2 Å². The predicted octanol–water partition coefficient (Wildman–Crippen LogP) is 3.09. The average molecular weight is 300 g/mol. The van der Waals surface area contributed by atoms with Gasteiger partial charge in [-0.2, -0.15) is 0 Å². The molecule has 3 heteroatoms. The van der Waals surface area contributed by atoms with Gasteiger partial charge in [0.1, 0.15) is 11.9 Å². The Balaban J connectivity index is 1.70. The van der Waals surface area contributed by atoms with Gasteiger partial charge in [-0.3, -0.25) is 4.79 Å². The number of carbonyl (C=O) groups excluding carboxylic acids is 1. The van der Waals surface area contributed by atoms with Crippen molar-refractivity contribution in [1.29, 1.82) is 0 Å². The Morgan fingerprint density at radius 2 is 2.14 bits per heavy atom. The molecule has 0 spiro atoms. The summed E-state index contributed by atoms with van der Waals surface area (Å²) in [6, 6.07) is 6.46. The number of rotatable bonds is 1. The van der Waals surface area contributed by atoms with Crippen LogP contribution in [0.4, 0.5) is 0 Å². The fraction of sp³-hybridized carbons (Fsp3) is 0.632. The van der Waals surface area contributed by atoms with Crippen molar-refractivity contribution in [3.8, 4) is 5.75 Å². The normalized spacial score (nSPS) is 39.9. The number of Topliss-reactive ketones (excluding diaryl/α,β-unsaturated/α-hetero) is 1. The molecule has 5 atom stereocenters. The smallest absolute Gasteiger partial charge is 0.162 e. The number of benzene rings is 1. The molecule has 2 fully saturated rings. The summed E-state index contributed by atoms with van der Waals surface area (Å²) in [5.41, 5.74) is 2.67. The zero-order valence-electron chi connectivity index (χ0n) is 13.3. The highest BCUT2D eigenvalue weighted by molar-refractivity contribution is 5.86. The van der Waals surface area contributed by atoms with Gasteiger partial charge in [0, 0.05) is 11.8 Å². The molecule has 0 amide bonds. The molecular formula is C19H24O3. The van der Waals surface area contributed by atoms with Gasteiger partial charge in [0.25, 0.3) is 0 Å². The van der Waals surface area contributed by atoms with Crippen LogP contribution in [0.3, 0.4) is 0 Å². The molecule has 0 saturated heterocycles. The molecule has 1 N–H and O–H groups in total. The largest absolute Gasteiger partial charge is 0.497 e. The van der Waals surface area contributed by atoms with Crippen molar-refractivity contribution in [3.63, 3.8) is 0 Å². The molecule has 3 nitrogen and oxygen atoms in total. The molecule has 3 aliphatic rings. The number of carbonyl (C=O) groups is 1. The second-order valence-electron chi connectivity index (χ2n) is 7.60. The maximum Gasteiger partial charge on any atom is 0.162 e. The molecule has 1 aromatic rings. The first-order chi connectivity index (χ1) is 10.5. The van der Waals surface area contributed by atoms with E-state index in [9.17, 15) is 9.90 Å². The van der Waals surface area contributed by atoms with Gasteiger partial charge >= 0.3 is 0 Å². The van der Waals surface area contributed by atoms with Crippen molar-refractivity contribution in [2.75, 3.05) is 7.11 Å². The minimum absolute atomic E-state index is 0.0636. The van der Waals surface area contributed by atoms with Crippen LogP contribution in [-0.4, -0.2) is 24.1 Å². The van der Waals surface area contributed by atoms with Gasteiger partial charge in [-0.05, 0) is 66.7 Å². The fourth-order valence-corrected chi connectivity index (χ4v) is 5.45. The molecular weight excluding hydrogens is 276 g/mol. The maximum absolute atomic E-state index is 12.1. The van der Waals surface area contributed by atoms with Gasteiger partial charge in [0.15, 0.2) is 5.78 Å². The number of fused-ring (bicyclic) bond motifs is 5. The number of aryl methyl sites for hydroxylation is 1. The van der Waals surface area contributed by atoms with Crippen molar-refractivity contribution in [2.45, 2.75) is 51.0 Å². The van der Waals surface area contributed by atoms with Gasteiger partial charge < -0.3 is 9.84 Å². The molecule has 0 aromatic heterocycles. The van der Waals surface area contributed by atoms with E-state index in [1.54, 1.807) is 7.11 Å². The monoisotopic (exact) mass is 300 g/mol. The number of hydrogen-bond acceptors (Lipinski definition) is 3. The van der Waals surface area contributed by atoms with E-state index in [1.165, 1.54) is 11.1 Å². The Bertz CT molecular complexity index is 623. The quantitative estimate of drug-likeness (QED) is 0.867. The number of aliphatic hydroxyl groups is 1. The molecule has 1 aromatic carbocycles. The van der Waals surface area contributed by atoms with E-state index in [0.717, 1.165) is 31.4 Å². The molecule has 3 aliphatic carbocycles. The minimum atomic E-state index is -0.740. The maximum atomic E-state index is 12.1. The molecule has 0 unspecified atom stereocenters. The van der Waals surface area contributed by atoms with E-state index in [1.807, 2.05) is 0 Å². The standard InChI is InChI=1S/C19H24O3/c1-19-8-7-14-13-6-4-12(22-2)9-11(13)3-5-15(14)16(19)10-17(20)18(19)21/h4,6,9,14-16,18,21H,3,5,7-8,10H2,1-2H3/t14-,15-,16-,18+,19+/m1/s1. The van der Waals surface area contributed by atoms with Crippen LogP contribution in [0.5, 0.6) is 5.75 Å². The molecule has 0 aliphatic heterocycles. The summed E-state index contributed by atoms with van der Waals surface area (Å²) in [5, 5.41) is 10.3. The number of aliphatic hydroxyl groups excluding tert-OH is 1. The number of ketones is 1. The minimum Gasteiger partial charge on any atom is -0.497 e. The molecule has 22 heavy (non-hydrogen) atoms. The summed E-state index contributed by atoms with van der Waals surface area (Å²) in [4.78, 5) is 12.1. The first-order valence-electron chi connectivity index (χ1n) is 8.42. The fourth-order valence-electron chi connectivity index (χ4n) is 5.45. The van der Waals surface area contributed by atoms with Crippen LogP contribution in [0.1, 0.15) is 49.7 Å². The van der Waals surface area contributed by atoms with E-state index in [-0.39, 0.29) is 11.2 Å². The highest BCUT2D eigenvalue weighted by Crippen LogP contribution is 2.60. The Hall–Kier alpha value is -1.35. The van der Waals surface area contributed by atoms with Crippen LogP contribution in [0.2, 0.25) is 0 Å². The Labute approximate surface area is 131 Å². The third-order valence-corrected chi connectivity index (χ3v) is 6.72. The summed E-state index contributed by atoms with van der Waals surface area (Å²) in [7, 11) is 1.71. The van der Waals surface area contributed by atoms with Crippen molar-refractivity contribution in [3.05, 3.63) is 29.3 Å². The lowest BCUT2D eigenvalue weighted by Crippen LogP contribution is -2.44. The molecule has 0 radical (unpaired) electrons. The first kappa shape index (κ1) is 14.3. The lowest BCUT2D eigenvalue weighted by molar-refractivity contribution is -0.128. The van der Waals surface area contributed by atoms with E-state index in [0.29, 0.717) is 24.2 Å². The van der Waals surface area contributed by atoms with Crippen LogP contribution in [0, 0.1) is 17.3 Å². The second kappa shape index (κ2) is 4.82. The second-order valence-corrected chi connectivity index (χ2v) is 7.60. The van der Waals surface area contributed by atoms with Crippen LogP contribution in [0.25, 0.3) is 0 Å². The van der Waals surface area contributed by atoms with Gasteiger partial charge in [-0.1, -0.05) is 13.0 Å². The van der Waals surface area contributed by atoms with Crippen LogP contribution in [-0.2, 0) is 11.2 Å². The highest BCUT2D eigenvalue weighted by Gasteiger charge is 2.57. The molecule has 0 heterocycles. The Morgan fingerprint density at radius 3 is 2.91 bits per heavy atom. The average Bonchev–Trinajstić information content (AvgIpc) is 2.77. The SMILES string of the molecule is COc1ccc2c(c1)CC[C@@H]1[C@@H]2CC[C@@]2(C)[C@@H]1CC(=O)[C@@H]2O. The molecule has 2 saturated carbocycles. The Kier molecular flexibility index (Phi) is 3.12. The van der Waals surface area contributed by atoms with E-state index >= 15 is 0 Å². The van der Waals surface area contributed by atoms with E-state index in [4.69, 9.17) is 4.74 Å². The summed E-state index contributed by atoms with van der Waals surface area (Å²) in [6.07, 6.45) is 4.06. The summed E-state index contributed by atoms with van der Waals surface area (Å²) in [6.45, 7) is 2.13. The lowest BCUT2D eigenvalue weighted by Gasteiger charge is -2.49. The van der Waals surface area contributed by atoms with Gasteiger partial charge in [0.05, 0.1) is 7.11 Å². The van der Waals surface area contributed by atoms with Gasteiger partial charge in [0.2, 0.25) is 0 Å². The lowest BCUT2D eigenvalue weighted by atomic mass is 9.55. The summed E-state index contributed by atoms with van der Waals surface area (Å²) in [5.74, 6) is 2.44. The number of hydrogen-bond donors (Lipinski definition) is 1. The summed E-state index contributed by atoms with van der Waals surface area (Å²) < 4.78 is 5.35. The third kappa shape index (κ3) is 1.81. The summed E-state index contributed by atoms with van der Waals surface area (Å²) >= 11 is 0. The van der Waals surface area contributed by atoms with E-state index in [2.05, 4.69) is 25.1 Å². The molecule has 0 bridgehead atoms. The van der Waals surface area contributed by atoms with Crippen LogP contribution >= 0.6 is 0 Å². The molecule has 118 valence electrons. The van der Waals surface area contributed by atoms with E-state index < -0.39 is 6.10 Å². The van der Waals surface area contributed by atoms with Crippen molar-refractivity contribution < 1.29 is 14.6 Å². The number of methoxy groups -OCH3 is 1. The van der Waals surface area contributed by atoms with Crippen molar-refractivity contribution >= 4 is 5.78 Å². The van der Waals surface area contributed by atoms with Gasteiger partial charge in [-0.25, -0.2) is 0 Å². The highest BCUT2D eigenvalue weighted by atomic mass is 16.5. The zero-order chi connectivity index (χ0) is 15.5. The first-order valence-corrected chi connectivity index (χ1v) is 8.42. The van der Waals surface area contributed by atoms with Gasteiger partial charge in [-0.15, -0.1) is 0 Å². The predicted molar refractivity (Wildman–Crippen MR) is 84.0 cm³/mol. The molecule has 4 rings (SSSR count). The van der Waals surface area contributed by atoms with Crippen molar-refractivity contribution in [1.82, 2.24) is 0 Å². The van der Waals surface area contributed by atoms with Crippen molar-refractivity contribution in [2.24, 2.45) is 17.3 Å². The topological polar surface area (TPSA) is 46.5 Å². The third-order valence-electron chi connectivity index (χ3n) is 6.72. The Morgan fingerprint density at radius 1 is 1.32 bits per heavy atom. The number of ether oxygens (including phenoxy) is 1. The zero-order valence-corrected chi connectivity index (χ0v) is 13.3. The van der Waals surface area contributed by atoms with Crippen LogP contribution < -0.4 is 4.74 Å².